The molecule has 11 heteroatoms. The van der Waals surface area contributed by atoms with Crippen molar-refractivity contribution in [3.05, 3.63) is 77.0 Å². The van der Waals surface area contributed by atoms with Crippen molar-refractivity contribution in [2.75, 3.05) is 18.4 Å². The average Bonchev–Trinajstić information content (AvgIpc) is 3.51. The fourth-order valence-corrected chi connectivity index (χ4v) is 5.43. The van der Waals surface area contributed by atoms with Gasteiger partial charge in [0.1, 0.15) is 5.39 Å². The molecule has 1 aliphatic rings. The quantitative estimate of drug-likeness (QED) is 0.465. The normalized spacial score (nSPS) is 14.5. The van der Waals surface area contributed by atoms with Crippen molar-refractivity contribution in [3.63, 3.8) is 0 Å². The standard InChI is InChI=1S/C22H20N6O4S/c29-21(15-6-5-7-16(12-15)33(31,32)27-10-3-4-11-27)26-18-8-1-2-9-19(18)28-20-17(13-25-28)22(30)24-14-23-20/h1-2,5-9,12-14H,3-4,10-11H2,(H,26,29)(H,23,24,30). The lowest BCUT2D eigenvalue weighted by Gasteiger charge is -2.16. The van der Waals surface area contributed by atoms with Crippen molar-refractivity contribution in [3.8, 4) is 5.69 Å². The molecule has 2 aromatic heterocycles. The third-order valence-corrected chi connectivity index (χ3v) is 7.45. The first-order valence-electron chi connectivity index (χ1n) is 10.4. The topological polar surface area (TPSA) is 130 Å². The van der Waals surface area contributed by atoms with E-state index in [-0.39, 0.29) is 16.0 Å². The summed E-state index contributed by atoms with van der Waals surface area (Å²) < 4.78 is 28.7. The number of fused-ring (bicyclic) bond motifs is 1. The van der Waals surface area contributed by atoms with Crippen molar-refractivity contribution >= 4 is 32.7 Å². The molecule has 1 amide bonds. The van der Waals surface area contributed by atoms with E-state index in [1.807, 2.05) is 0 Å². The van der Waals surface area contributed by atoms with Crippen molar-refractivity contribution < 1.29 is 13.2 Å². The maximum atomic E-state index is 13.0. The number of nitrogens with zero attached hydrogens (tertiary/aromatic N) is 4. The summed E-state index contributed by atoms with van der Waals surface area (Å²) in [7, 11) is -3.64. The number of nitrogens with one attached hydrogen (secondary N) is 2. The number of hydrogen-bond donors (Lipinski definition) is 2. The van der Waals surface area contributed by atoms with E-state index in [1.165, 1.54) is 33.6 Å². The van der Waals surface area contributed by atoms with E-state index in [0.717, 1.165) is 12.8 Å². The summed E-state index contributed by atoms with van der Waals surface area (Å²) in [6.45, 7) is 0.974. The van der Waals surface area contributed by atoms with Crippen LogP contribution in [0.4, 0.5) is 5.69 Å². The molecule has 4 aromatic rings. The van der Waals surface area contributed by atoms with Crippen molar-refractivity contribution in [2.24, 2.45) is 0 Å². The Kier molecular flexibility index (Phi) is 5.27. The van der Waals surface area contributed by atoms with E-state index in [9.17, 15) is 18.0 Å². The highest BCUT2D eigenvalue weighted by Crippen LogP contribution is 2.24. The van der Waals surface area contributed by atoms with Crippen LogP contribution in [0.1, 0.15) is 23.2 Å². The highest BCUT2D eigenvalue weighted by atomic mass is 32.2. The van der Waals surface area contributed by atoms with Gasteiger partial charge in [0.25, 0.3) is 11.5 Å². The number of benzene rings is 2. The van der Waals surface area contributed by atoms with Gasteiger partial charge in [-0.2, -0.15) is 9.40 Å². The first-order chi connectivity index (χ1) is 15.9. The van der Waals surface area contributed by atoms with Crippen LogP contribution < -0.4 is 10.9 Å². The number of sulfonamides is 1. The van der Waals surface area contributed by atoms with Gasteiger partial charge < -0.3 is 10.3 Å². The summed E-state index contributed by atoms with van der Waals surface area (Å²) >= 11 is 0. The lowest BCUT2D eigenvalue weighted by atomic mass is 10.2. The molecule has 0 saturated carbocycles. The molecular formula is C22H20N6O4S. The number of aromatic nitrogens is 4. The molecule has 33 heavy (non-hydrogen) atoms. The van der Waals surface area contributed by atoms with Crippen LogP contribution in [0, 0.1) is 0 Å². The van der Waals surface area contributed by atoms with Crippen molar-refractivity contribution in [1.82, 2.24) is 24.1 Å². The Morgan fingerprint density at radius 2 is 1.85 bits per heavy atom. The summed E-state index contributed by atoms with van der Waals surface area (Å²) in [5.74, 6) is -0.469. The molecule has 168 valence electrons. The summed E-state index contributed by atoms with van der Waals surface area (Å²) in [6, 6.07) is 13.0. The Morgan fingerprint density at radius 1 is 1.06 bits per heavy atom. The zero-order valence-corrected chi connectivity index (χ0v) is 18.2. The maximum absolute atomic E-state index is 13.0. The van der Waals surface area contributed by atoms with Gasteiger partial charge in [0, 0.05) is 18.7 Å². The predicted molar refractivity (Wildman–Crippen MR) is 122 cm³/mol. The number of hydrogen-bond acceptors (Lipinski definition) is 6. The van der Waals surface area contributed by atoms with E-state index < -0.39 is 15.9 Å². The molecule has 3 heterocycles. The van der Waals surface area contributed by atoms with Gasteiger partial charge >= 0.3 is 0 Å². The molecule has 1 fully saturated rings. The molecule has 2 N–H and O–H groups in total. The Hall–Kier alpha value is -3.83. The third-order valence-electron chi connectivity index (χ3n) is 5.55. The molecule has 0 radical (unpaired) electrons. The lowest BCUT2D eigenvalue weighted by molar-refractivity contribution is 0.102. The predicted octanol–water partition coefficient (Wildman–Crippen LogP) is 2.15. The largest absolute Gasteiger partial charge is 0.320 e. The van der Waals surface area contributed by atoms with Crippen LogP contribution >= 0.6 is 0 Å². The molecule has 0 unspecified atom stereocenters. The Morgan fingerprint density at radius 3 is 2.67 bits per heavy atom. The molecule has 1 saturated heterocycles. The number of H-pyrrole nitrogens is 1. The number of aromatic amines is 1. The van der Waals surface area contributed by atoms with Gasteiger partial charge in [-0.25, -0.2) is 18.1 Å². The summed E-state index contributed by atoms with van der Waals surface area (Å²) in [4.78, 5) is 31.8. The summed E-state index contributed by atoms with van der Waals surface area (Å²) in [6.07, 6.45) is 4.36. The number of carbonyl (C=O) groups excluding carboxylic acids is 1. The van der Waals surface area contributed by atoms with Gasteiger partial charge in [0.15, 0.2) is 5.65 Å². The number of amides is 1. The van der Waals surface area contributed by atoms with E-state index in [2.05, 4.69) is 20.4 Å². The van der Waals surface area contributed by atoms with Crippen LogP contribution in [0.3, 0.4) is 0 Å². The molecule has 10 nitrogen and oxygen atoms in total. The molecule has 0 atom stereocenters. The number of anilines is 1. The van der Waals surface area contributed by atoms with Gasteiger partial charge in [-0.1, -0.05) is 18.2 Å². The van der Waals surface area contributed by atoms with E-state index in [1.54, 1.807) is 36.4 Å². The van der Waals surface area contributed by atoms with Crippen LogP contribution in [-0.2, 0) is 10.0 Å². The van der Waals surface area contributed by atoms with Crippen LogP contribution in [0.25, 0.3) is 16.7 Å². The molecule has 0 spiro atoms. The fraction of sp³-hybridized carbons (Fsp3) is 0.182. The zero-order valence-electron chi connectivity index (χ0n) is 17.4. The second-order valence-electron chi connectivity index (χ2n) is 7.64. The molecular weight excluding hydrogens is 444 g/mol. The van der Waals surface area contributed by atoms with E-state index >= 15 is 0 Å². The maximum Gasteiger partial charge on any atom is 0.261 e. The van der Waals surface area contributed by atoms with Gasteiger partial charge in [-0.05, 0) is 43.2 Å². The molecule has 2 aromatic carbocycles. The SMILES string of the molecule is O=C(Nc1ccccc1-n1ncc2c(=O)[nH]cnc21)c1cccc(S(=O)(=O)N2CCCC2)c1. The lowest BCUT2D eigenvalue weighted by Crippen LogP contribution is -2.28. The van der Waals surface area contributed by atoms with Crippen LogP contribution in [0.5, 0.6) is 0 Å². The number of carbonyl (C=O) groups is 1. The minimum absolute atomic E-state index is 0.0897. The Labute approximate surface area is 188 Å². The fourth-order valence-electron chi connectivity index (χ4n) is 3.87. The summed E-state index contributed by atoms with van der Waals surface area (Å²) in [5, 5.41) is 7.39. The molecule has 0 aliphatic carbocycles. The van der Waals surface area contributed by atoms with Crippen LogP contribution in [0.2, 0.25) is 0 Å². The van der Waals surface area contributed by atoms with E-state index in [4.69, 9.17) is 0 Å². The minimum atomic E-state index is -3.64. The van der Waals surface area contributed by atoms with Gasteiger partial charge in [0.05, 0.1) is 28.8 Å². The second kappa shape index (κ2) is 8.26. The number of rotatable bonds is 5. The smallest absolute Gasteiger partial charge is 0.261 e. The third kappa shape index (κ3) is 3.81. The Bertz CT molecular complexity index is 1520. The first-order valence-corrected chi connectivity index (χ1v) is 11.8. The van der Waals surface area contributed by atoms with E-state index in [0.29, 0.717) is 35.5 Å². The molecule has 0 bridgehead atoms. The van der Waals surface area contributed by atoms with Gasteiger partial charge in [0.2, 0.25) is 10.0 Å². The monoisotopic (exact) mass is 464 g/mol. The minimum Gasteiger partial charge on any atom is -0.320 e. The zero-order chi connectivity index (χ0) is 23.0. The second-order valence-corrected chi connectivity index (χ2v) is 9.57. The summed E-state index contributed by atoms with van der Waals surface area (Å²) in [5.41, 5.74) is 1.19. The van der Waals surface area contributed by atoms with Crippen molar-refractivity contribution in [1.29, 1.82) is 0 Å². The highest BCUT2D eigenvalue weighted by molar-refractivity contribution is 7.89. The van der Waals surface area contributed by atoms with Gasteiger partial charge in [-0.3, -0.25) is 9.59 Å². The Balaban J connectivity index is 1.47. The van der Waals surface area contributed by atoms with Crippen LogP contribution in [0.15, 0.2) is 70.7 Å². The van der Waals surface area contributed by atoms with Crippen LogP contribution in [-0.4, -0.2) is 51.5 Å². The average molecular weight is 465 g/mol. The molecule has 1 aliphatic heterocycles. The highest BCUT2D eigenvalue weighted by Gasteiger charge is 2.27. The molecule has 5 rings (SSSR count). The van der Waals surface area contributed by atoms with Gasteiger partial charge in [-0.15, -0.1) is 0 Å². The first kappa shape index (κ1) is 21.0. The van der Waals surface area contributed by atoms with Crippen molar-refractivity contribution in [2.45, 2.75) is 17.7 Å². The number of para-hydroxylation sites is 2.